The molecule has 20 heavy (non-hydrogen) atoms. The number of carboxylic acid groups (broad SMARTS) is 1. The normalized spacial score (nSPS) is 12.0. The van der Waals surface area contributed by atoms with E-state index in [2.05, 4.69) is 10.1 Å². The van der Waals surface area contributed by atoms with Crippen molar-refractivity contribution in [2.45, 2.75) is 19.1 Å². The number of aliphatic hydroxyl groups excluding tert-OH is 1. The number of halogens is 2. The van der Waals surface area contributed by atoms with Gasteiger partial charge < -0.3 is 20.3 Å². The van der Waals surface area contributed by atoms with Crippen LogP contribution in [0.3, 0.4) is 0 Å². The number of benzene rings is 1. The first kappa shape index (κ1) is 15.8. The summed E-state index contributed by atoms with van der Waals surface area (Å²) in [6.45, 7) is -3.35. The van der Waals surface area contributed by atoms with E-state index in [1.54, 1.807) is 0 Å². The Labute approximate surface area is 113 Å². The molecular weight excluding hydrogens is 276 g/mol. The molecule has 1 atom stereocenters. The van der Waals surface area contributed by atoms with Crippen LogP contribution in [0.1, 0.15) is 16.8 Å². The average molecular weight is 289 g/mol. The minimum absolute atomic E-state index is 0.0933. The summed E-state index contributed by atoms with van der Waals surface area (Å²) in [4.78, 5) is 22.5. The lowest BCUT2D eigenvalue weighted by Crippen LogP contribution is -2.41. The van der Waals surface area contributed by atoms with E-state index in [0.717, 1.165) is 0 Å². The van der Waals surface area contributed by atoms with Gasteiger partial charge in [-0.2, -0.15) is 8.78 Å². The average Bonchev–Trinajstić information content (AvgIpc) is 2.38. The van der Waals surface area contributed by atoms with Gasteiger partial charge in [-0.25, -0.2) is 4.79 Å². The lowest BCUT2D eigenvalue weighted by atomic mass is 10.1. The molecule has 110 valence electrons. The SMILES string of the molecule is O=C(N[C@@H](CCO)C(=O)O)c1ccc(OC(F)F)cc1. The second-order valence-corrected chi connectivity index (χ2v) is 3.78. The highest BCUT2D eigenvalue weighted by Crippen LogP contribution is 2.15. The Bertz CT molecular complexity index is 463. The van der Waals surface area contributed by atoms with Crippen LogP contribution in [0, 0.1) is 0 Å². The molecule has 0 aliphatic rings. The highest BCUT2D eigenvalue weighted by Gasteiger charge is 2.20. The van der Waals surface area contributed by atoms with E-state index in [1.807, 2.05) is 0 Å². The molecule has 0 unspecified atom stereocenters. The fourth-order valence-corrected chi connectivity index (χ4v) is 1.42. The summed E-state index contributed by atoms with van der Waals surface area (Å²) >= 11 is 0. The van der Waals surface area contributed by atoms with Crippen molar-refractivity contribution in [3.05, 3.63) is 29.8 Å². The molecule has 1 amide bonds. The van der Waals surface area contributed by atoms with Crippen LogP contribution >= 0.6 is 0 Å². The molecule has 0 spiro atoms. The maximum atomic E-state index is 11.9. The van der Waals surface area contributed by atoms with Gasteiger partial charge in [0.1, 0.15) is 11.8 Å². The van der Waals surface area contributed by atoms with Gasteiger partial charge in [0.05, 0.1) is 0 Å². The Kier molecular flexibility index (Phi) is 5.85. The quantitative estimate of drug-likeness (QED) is 0.691. The van der Waals surface area contributed by atoms with Crippen molar-refractivity contribution in [2.75, 3.05) is 6.61 Å². The molecule has 3 N–H and O–H groups in total. The highest BCUT2D eigenvalue weighted by molar-refractivity contribution is 5.96. The second kappa shape index (κ2) is 7.39. The summed E-state index contributed by atoms with van der Waals surface area (Å²) in [7, 11) is 0. The van der Waals surface area contributed by atoms with Crippen molar-refractivity contribution >= 4 is 11.9 Å². The number of hydrogen-bond donors (Lipinski definition) is 3. The number of ether oxygens (including phenoxy) is 1. The largest absolute Gasteiger partial charge is 0.480 e. The van der Waals surface area contributed by atoms with Crippen molar-refractivity contribution in [1.29, 1.82) is 0 Å². The Morgan fingerprint density at radius 1 is 1.25 bits per heavy atom. The smallest absolute Gasteiger partial charge is 0.387 e. The lowest BCUT2D eigenvalue weighted by Gasteiger charge is -2.13. The Hall–Kier alpha value is -2.22. The number of carbonyl (C=O) groups excluding carboxylic acids is 1. The Morgan fingerprint density at radius 2 is 1.85 bits per heavy atom. The fraction of sp³-hybridized carbons (Fsp3) is 0.333. The fourth-order valence-electron chi connectivity index (χ4n) is 1.42. The number of carbonyl (C=O) groups is 2. The minimum Gasteiger partial charge on any atom is -0.480 e. The number of aliphatic hydroxyl groups is 1. The minimum atomic E-state index is -2.96. The molecule has 0 saturated carbocycles. The molecule has 0 aliphatic carbocycles. The van der Waals surface area contributed by atoms with E-state index in [-0.39, 0.29) is 17.7 Å². The van der Waals surface area contributed by atoms with E-state index in [4.69, 9.17) is 10.2 Å². The third-order valence-corrected chi connectivity index (χ3v) is 2.36. The Morgan fingerprint density at radius 3 is 2.30 bits per heavy atom. The number of hydrogen-bond acceptors (Lipinski definition) is 4. The summed E-state index contributed by atoms with van der Waals surface area (Å²) in [5.41, 5.74) is 0.0933. The van der Waals surface area contributed by atoms with E-state index < -0.39 is 31.1 Å². The van der Waals surface area contributed by atoms with Crippen molar-refractivity contribution in [2.24, 2.45) is 0 Å². The van der Waals surface area contributed by atoms with Crippen molar-refractivity contribution in [3.63, 3.8) is 0 Å². The number of alkyl halides is 2. The van der Waals surface area contributed by atoms with E-state index in [0.29, 0.717) is 0 Å². The molecule has 6 nitrogen and oxygen atoms in total. The summed E-state index contributed by atoms with van der Waals surface area (Å²) in [6.07, 6.45) is -0.131. The van der Waals surface area contributed by atoms with Crippen molar-refractivity contribution < 1.29 is 33.3 Å². The zero-order valence-corrected chi connectivity index (χ0v) is 10.3. The van der Waals surface area contributed by atoms with Crippen LogP contribution in [-0.2, 0) is 4.79 Å². The van der Waals surface area contributed by atoms with Gasteiger partial charge in [-0.1, -0.05) is 0 Å². The second-order valence-electron chi connectivity index (χ2n) is 3.78. The molecule has 0 aromatic heterocycles. The number of amides is 1. The highest BCUT2D eigenvalue weighted by atomic mass is 19.3. The molecule has 1 aromatic carbocycles. The molecule has 0 fully saturated rings. The number of carboxylic acids is 1. The number of nitrogens with one attached hydrogen (secondary N) is 1. The van der Waals surface area contributed by atoms with Crippen LogP contribution in [-0.4, -0.2) is 41.3 Å². The standard InChI is InChI=1S/C12H13F2NO5/c13-12(14)20-8-3-1-7(2-4-8)10(17)15-9(5-6-16)11(18)19/h1-4,9,12,16H,5-6H2,(H,15,17)(H,18,19)/t9-/m0/s1. The zero-order valence-electron chi connectivity index (χ0n) is 10.3. The predicted molar refractivity (Wildman–Crippen MR) is 63.7 cm³/mol. The van der Waals surface area contributed by atoms with E-state index in [9.17, 15) is 18.4 Å². The summed E-state index contributed by atoms with van der Waals surface area (Å²) in [6, 6.07) is 3.58. The van der Waals surface area contributed by atoms with Crippen LogP contribution in [0.25, 0.3) is 0 Å². The third-order valence-electron chi connectivity index (χ3n) is 2.36. The summed E-state index contributed by atoms with van der Waals surface area (Å²) in [5, 5.41) is 19.7. The molecule has 8 heteroatoms. The van der Waals surface area contributed by atoms with Gasteiger partial charge in [0.25, 0.3) is 5.91 Å². The number of aliphatic carboxylic acids is 1. The Balaban J connectivity index is 2.69. The molecule has 0 bridgehead atoms. The number of rotatable bonds is 7. The molecule has 1 aromatic rings. The molecule has 1 rings (SSSR count). The van der Waals surface area contributed by atoms with E-state index in [1.165, 1.54) is 24.3 Å². The summed E-state index contributed by atoms with van der Waals surface area (Å²) in [5.74, 6) is -2.07. The van der Waals surface area contributed by atoms with Crippen LogP contribution in [0.15, 0.2) is 24.3 Å². The maximum Gasteiger partial charge on any atom is 0.387 e. The topological polar surface area (TPSA) is 95.9 Å². The predicted octanol–water partition coefficient (Wildman–Crippen LogP) is 0.853. The van der Waals surface area contributed by atoms with Crippen LogP contribution in [0.5, 0.6) is 5.75 Å². The molecule has 0 heterocycles. The third kappa shape index (κ3) is 4.81. The van der Waals surface area contributed by atoms with Crippen molar-refractivity contribution in [3.8, 4) is 5.75 Å². The zero-order chi connectivity index (χ0) is 15.1. The monoisotopic (exact) mass is 289 g/mol. The first-order chi connectivity index (χ1) is 9.43. The van der Waals surface area contributed by atoms with Gasteiger partial charge in [0.2, 0.25) is 0 Å². The first-order valence-corrected chi connectivity index (χ1v) is 5.63. The molecule has 0 radical (unpaired) electrons. The van der Waals surface area contributed by atoms with Crippen LogP contribution in [0.2, 0.25) is 0 Å². The van der Waals surface area contributed by atoms with Gasteiger partial charge in [0, 0.05) is 18.6 Å². The van der Waals surface area contributed by atoms with Gasteiger partial charge >= 0.3 is 12.6 Å². The van der Waals surface area contributed by atoms with Gasteiger partial charge in [0.15, 0.2) is 0 Å². The summed E-state index contributed by atoms with van der Waals surface area (Å²) < 4.78 is 28.0. The van der Waals surface area contributed by atoms with Crippen LogP contribution < -0.4 is 10.1 Å². The first-order valence-electron chi connectivity index (χ1n) is 5.63. The maximum absolute atomic E-state index is 11.9. The molecule has 0 saturated heterocycles. The van der Waals surface area contributed by atoms with Crippen LogP contribution in [0.4, 0.5) is 8.78 Å². The van der Waals surface area contributed by atoms with Crippen molar-refractivity contribution in [1.82, 2.24) is 5.32 Å². The van der Waals surface area contributed by atoms with Gasteiger partial charge in [-0.05, 0) is 24.3 Å². The van der Waals surface area contributed by atoms with E-state index >= 15 is 0 Å². The molecule has 0 aliphatic heterocycles. The molecular formula is C12H13F2NO5. The van der Waals surface area contributed by atoms with Gasteiger partial charge in [-0.15, -0.1) is 0 Å². The van der Waals surface area contributed by atoms with Gasteiger partial charge in [-0.3, -0.25) is 4.79 Å². The lowest BCUT2D eigenvalue weighted by molar-refractivity contribution is -0.139.